The van der Waals surface area contributed by atoms with Gasteiger partial charge in [-0.25, -0.2) is 0 Å². The fourth-order valence-corrected chi connectivity index (χ4v) is 1.90. The number of methoxy groups -OCH3 is 1. The van der Waals surface area contributed by atoms with Crippen molar-refractivity contribution in [3.63, 3.8) is 0 Å². The predicted molar refractivity (Wildman–Crippen MR) is 63.4 cm³/mol. The van der Waals surface area contributed by atoms with E-state index in [1.807, 2.05) is 0 Å². The van der Waals surface area contributed by atoms with Crippen molar-refractivity contribution in [2.75, 3.05) is 26.9 Å². The van der Waals surface area contributed by atoms with Crippen molar-refractivity contribution in [2.24, 2.45) is 5.73 Å². The molecule has 0 saturated carbocycles. The number of carbonyl (C=O) groups is 1. The van der Waals surface area contributed by atoms with E-state index in [1.165, 1.54) is 7.11 Å². The van der Waals surface area contributed by atoms with Crippen molar-refractivity contribution in [2.45, 2.75) is 5.92 Å². The number of ether oxygens (including phenoxy) is 3. The second-order valence-corrected chi connectivity index (χ2v) is 3.86. The highest BCUT2D eigenvalue weighted by atomic mass is 16.6. The Hall–Kier alpha value is -1.95. The lowest BCUT2D eigenvalue weighted by molar-refractivity contribution is -0.138. The number of aliphatic carboxylic acids is 1. The molecule has 0 bridgehead atoms. The van der Waals surface area contributed by atoms with Gasteiger partial charge in [-0.3, -0.25) is 4.79 Å². The van der Waals surface area contributed by atoms with Gasteiger partial charge in [0.2, 0.25) is 0 Å². The molecule has 3 N–H and O–H groups in total. The summed E-state index contributed by atoms with van der Waals surface area (Å²) in [6.45, 7) is 0.902. The van der Waals surface area contributed by atoms with E-state index < -0.39 is 11.9 Å². The number of fused-ring (bicyclic) bond motifs is 1. The maximum atomic E-state index is 11.2. The topological polar surface area (TPSA) is 91.0 Å². The van der Waals surface area contributed by atoms with Gasteiger partial charge in [0, 0.05) is 18.2 Å². The highest BCUT2D eigenvalue weighted by Crippen LogP contribution is 2.39. The van der Waals surface area contributed by atoms with E-state index in [9.17, 15) is 4.79 Å². The monoisotopic (exact) mass is 253 g/mol. The van der Waals surface area contributed by atoms with Crippen molar-refractivity contribution < 1.29 is 24.1 Å². The molecular formula is C12H15NO5. The van der Waals surface area contributed by atoms with Crippen LogP contribution in [-0.2, 0) is 4.79 Å². The van der Waals surface area contributed by atoms with Gasteiger partial charge in [-0.1, -0.05) is 0 Å². The van der Waals surface area contributed by atoms with Crippen LogP contribution in [0.2, 0.25) is 0 Å². The summed E-state index contributed by atoms with van der Waals surface area (Å²) in [5.41, 5.74) is 5.99. The zero-order valence-corrected chi connectivity index (χ0v) is 10.0. The molecule has 1 aromatic rings. The van der Waals surface area contributed by atoms with Crippen LogP contribution < -0.4 is 19.9 Å². The number of benzene rings is 1. The molecule has 98 valence electrons. The predicted octanol–water partition coefficient (Wildman–Crippen LogP) is 0.593. The lowest BCUT2D eigenvalue weighted by Gasteiger charge is -2.22. The van der Waals surface area contributed by atoms with Crippen LogP contribution in [0.25, 0.3) is 0 Å². The first-order valence-corrected chi connectivity index (χ1v) is 5.57. The second kappa shape index (κ2) is 5.14. The van der Waals surface area contributed by atoms with Crippen LogP contribution in [0.5, 0.6) is 17.2 Å². The number of rotatable bonds is 4. The largest absolute Gasteiger partial charge is 0.496 e. The van der Waals surface area contributed by atoms with E-state index in [1.54, 1.807) is 12.1 Å². The summed E-state index contributed by atoms with van der Waals surface area (Å²) >= 11 is 0. The van der Waals surface area contributed by atoms with Crippen LogP contribution >= 0.6 is 0 Å². The van der Waals surface area contributed by atoms with Crippen molar-refractivity contribution >= 4 is 5.97 Å². The lowest BCUT2D eigenvalue weighted by Crippen LogP contribution is -2.22. The number of hydrogen-bond donors (Lipinski definition) is 2. The van der Waals surface area contributed by atoms with E-state index >= 15 is 0 Å². The van der Waals surface area contributed by atoms with Gasteiger partial charge in [-0.05, 0) is 6.07 Å². The fourth-order valence-electron chi connectivity index (χ4n) is 1.90. The molecule has 1 atom stereocenters. The number of nitrogens with two attached hydrogens (primary N) is 1. The Bertz CT molecular complexity index is 460. The molecule has 18 heavy (non-hydrogen) atoms. The molecule has 1 heterocycles. The first-order valence-electron chi connectivity index (χ1n) is 5.57. The fraction of sp³-hybridized carbons (Fsp3) is 0.417. The van der Waals surface area contributed by atoms with E-state index in [4.69, 9.17) is 25.1 Å². The highest BCUT2D eigenvalue weighted by Gasteiger charge is 2.25. The third-order valence-corrected chi connectivity index (χ3v) is 2.80. The molecule has 0 spiro atoms. The van der Waals surface area contributed by atoms with Gasteiger partial charge in [0.25, 0.3) is 0 Å². The first-order chi connectivity index (χ1) is 8.67. The highest BCUT2D eigenvalue weighted by molar-refractivity contribution is 5.78. The van der Waals surface area contributed by atoms with E-state index in [-0.39, 0.29) is 6.54 Å². The summed E-state index contributed by atoms with van der Waals surface area (Å²) in [5, 5.41) is 9.14. The minimum Gasteiger partial charge on any atom is -0.496 e. The van der Waals surface area contributed by atoms with Gasteiger partial charge in [0.15, 0.2) is 11.5 Å². The summed E-state index contributed by atoms with van der Waals surface area (Å²) < 4.78 is 16.0. The average Bonchev–Trinajstić information content (AvgIpc) is 2.38. The Kier molecular flexibility index (Phi) is 3.57. The van der Waals surface area contributed by atoms with Crippen molar-refractivity contribution in [1.82, 2.24) is 0 Å². The minimum atomic E-state index is -0.993. The summed E-state index contributed by atoms with van der Waals surface area (Å²) in [6.07, 6.45) is 0. The molecule has 0 amide bonds. The van der Waals surface area contributed by atoms with E-state index in [2.05, 4.69) is 0 Å². The average molecular weight is 253 g/mol. The van der Waals surface area contributed by atoms with Gasteiger partial charge < -0.3 is 25.1 Å². The zero-order chi connectivity index (χ0) is 13.1. The maximum Gasteiger partial charge on any atom is 0.312 e. The standard InChI is InChI=1S/C12H15NO5/c1-16-9-5-11-10(17-2-3-18-11)4-7(9)8(6-13)12(14)15/h4-5,8H,2-3,6,13H2,1H3,(H,14,15). The summed E-state index contributed by atoms with van der Waals surface area (Å²) in [4.78, 5) is 11.2. The number of carboxylic acid groups (broad SMARTS) is 1. The SMILES string of the molecule is COc1cc2c(cc1C(CN)C(=O)O)OCCO2. The molecule has 1 aromatic carbocycles. The molecule has 0 aromatic heterocycles. The van der Waals surface area contributed by atoms with E-state index in [0.29, 0.717) is 36.0 Å². The van der Waals surface area contributed by atoms with Gasteiger partial charge in [0.05, 0.1) is 13.0 Å². The Morgan fingerprint density at radius 1 is 1.44 bits per heavy atom. The van der Waals surface area contributed by atoms with Crippen molar-refractivity contribution in [3.8, 4) is 17.2 Å². The molecule has 6 nitrogen and oxygen atoms in total. The van der Waals surface area contributed by atoms with Crippen LogP contribution in [0.15, 0.2) is 12.1 Å². The van der Waals surface area contributed by atoms with Crippen LogP contribution in [0, 0.1) is 0 Å². The maximum absolute atomic E-state index is 11.2. The van der Waals surface area contributed by atoms with Gasteiger partial charge in [0.1, 0.15) is 19.0 Å². The lowest BCUT2D eigenvalue weighted by atomic mass is 9.97. The molecule has 1 aliphatic rings. The molecule has 1 unspecified atom stereocenters. The summed E-state index contributed by atoms with van der Waals surface area (Å²) in [6, 6.07) is 3.26. The van der Waals surface area contributed by atoms with Gasteiger partial charge in [-0.2, -0.15) is 0 Å². The molecule has 0 saturated heterocycles. The van der Waals surface area contributed by atoms with E-state index in [0.717, 1.165) is 0 Å². The smallest absolute Gasteiger partial charge is 0.312 e. The number of carboxylic acids is 1. The zero-order valence-electron chi connectivity index (χ0n) is 10.0. The Balaban J connectivity index is 2.47. The quantitative estimate of drug-likeness (QED) is 0.816. The van der Waals surface area contributed by atoms with Crippen molar-refractivity contribution in [1.29, 1.82) is 0 Å². The third-order valence-electron chi connectivity index (χ3n) is 2.80. The molecule has 2 rings (SSSR count). The molecule has 0 radical (unpaired) electrons. The molecule has 1 aliphatic heterocycles. The summed E-state index contributed by atoms with van der Waals surface area (Å²) in [7, 11) is 1.48. The second-order valence-electron chi connectivity index (χ2n) is 3.86. The van der Waals surface area contributed by atoms with Gasteiger partial charge >= 0.3 is 5.97 Å². The van der Waals surface area contributed by atoms with Crippen molar-refractivity contribution in [3.05, 3.63) is 17.7 Å². The molecule has 0 fully saturated rings. The molecule has 6 heteroatoms. The Morgan fingerprint density at radius 2 is 2.06 bits per heavy atom. The van der Waals surface area contributed by atoms with Crippen LogP contribution in [0.3, 0.4) is 0 Å². The van der Waals surface area contributed by atoms with Crippen LogP contribution in [0.4, 0.5) is 0 Å². The molecule has 0 aliphatic carbocycles. The van der Waals surface area contributed by atoms with Gasteiger partial charge in [-0.15, -0.1) is 0 Å². The summed E-state index contributed by atoms with van der Waals surface area (Å²) in [5.74, 6) is -0.292. The van der Waals surface area contributed by atoms with Crippen LogP contribution in [0.1, 0.15) is 11.5 Å². The van der Waals surface area contributed by atoms with Crippen LogP contribution in [-0.4, -0.2) is 37.9 Å². The number of hydrogen-bond acceptors (Lipinski definition) is 5. The molecular weight excluding hydrogens is 238 g/mol. The minimum absolute atomic E-state index is 0.00859. The Morgan fingerprint density at radius 3 is 2.56 bits per heavy atom. The first kappa shape index (κ1) is 12.5. The normalized spacial score (nSPS) is 15.0. The Labute approximate surface area is 104 Å². The third kappa shape index (κ3) is 2.19.